The first-order chi connectivity index (χ1) is 23.1. The van der Waals surface area contributed by atoms with Crippen molar-refractivity contribution < 1.29 is 28.7 Å². The van der Waals surface area contributed by atoms with Gasteiger partial charge in [0.25, 0.3) is 5.91 Å². The summed E-state index contributed by atoms with van der Waals surface area (Å²) in [6.45, 7) is 5.80. The number of ether oxygens (including phenoxy) is 1. The van der Waals surface area contributed by atoms with Crippen LogP contribution in [0, 0.1) is 5.92 Å². The smallest absolute Gasteiger partial charge is 0.258 e. The van der Waals surface area contributed by atoms with Gasteiger partial charge in [0.1, 0.15) is 34.9 Å². The average Bonchev–Trinajstić information content (AvgIpc) is 3.78. The van der Waals surface area contributed by atoms with Crippen LogP contribution in [-0.4, -0.2) is 81.6 Å². The summed E-state index contributed by atoms with van der Waals surface area (Å²) in [6, 6.07) is 12.9. The Morgan fingerprint density at radius 3 is 2.44 bits per heavy atom. The number of benzene rings is 2. The van der Waals surface area contributed by atoms with E-state index in [1.54, 1.807) is 42.3 Å². The molecule has 3 aromatic rings. The van der Waals surface area contributed by atoms with E-state index < -0.39 is 41.9 Å². The monoisotopic (exact) mass is 674 g/mol. The van der Waals surface area contributed by atoms with Gasteiger partial charge < -0.3 is 30.5 Å². The van der Waals surface area contributed by atoms with E-state index in [4.69, 9.17) is 4.74 Å². The Labute approximate surface area is 284 Å². The van der Waals surface area contributed by atoms with E-state index in [1.807, 2.05) is 49.6 Å². The van der Waals surface area contributed by atoms with Gasteiger partial charge in [0.15, 0.2) is 6.61 Å². The second kappa shape index (κ2) is 15.9. The third kappa shape index (κ3) is 8.77. The predicted molar refractivity (Wildman–Crippen MR) is 179 cm³/mol. The molecule has 1 saturated heterocycles. The zero-order chi connectivity index (χ0) is 34.2. The maximum Gasteiger partial charge on any atom is 0.258 e. The highest BCUT2D eigenvalue weighted by molar-refractivity contribution is 7.09. The molecule has 1 aromatic heterocycles. The van der Waals surface area contributed by atoms with Crippen molar-refractivity contribution >= 4 is 40.9 Å². The van der Waals surface area contributed by atoms with Gasteiger partial charge in [-0.1, -0.05) is 56.3 Å². The van der Waals surface area contributed by atoms with E-state index in [9.17, 15) is 24.0 Å². The number of nitrogens with zero attached hydrogens (tertiary/aromatic N) is 3. The number of hydrogen-bond donors (Lipinski definition) is 3. The van der Waals surface area contributed by atoms with Gasteiger partial charge in [-0.3, -0.25) is 24.0 Å². The number of amides is 5. The highest BCUT2D eigenvalue weighted by atomic mass is 32.1. The van der Waals surface area contributed by atoms with Crippen LogP contribution < -0.4 is 20.7 Å². The van der Waals surface area contributed by atoms with Crippen molar-refractivity contribution in [3.8, 4) is 5.75 Å². The second-order valence-electron chi connectivity index (χ2n) is 12.5. The Balaban J connectivity index is 1.43. The van der Waals surface area contributed by atoms with E-state index in [1.165, 1.54) is 16.2 Å². The molecular weight excluding hydrogens is 632 g/mol. The normalized spacial score (nSPS) is 22.5. The van der Waals surface area contributed by atoms with Crippen molar-refractivity contribution in [1.29, 1.82) is 0 Å². The topological polar surface area (TPSA) is 150 Å². The van der Waals surface area contributed by atoms with E-state index >= 15 is 0 Å². The van der Waals surface area contributed by atoms with Crippen LogP contribution in [-0.2, 0) is 43.5 Å². The van der Waals surface area contributed by atoms with Crippen molar-refractivity contribution in [2.24, 2.45) is 5.92 Å². The molecule has 4 heterocycles. The molecule has 6 rings (SSSR count). The van der Waals surface area contributed by atoms with Gasteiger partial charge in [0.2, 0.25) is 23.6 Å². The van der Waals surface area contributed by atoms with Crippen LogP contribution in [0.4, 0.5) is 0 Å². The lowest BCUT2D eigenvalue weighted by Gasteiger charge is -2.31. The molecule has 2 bridgehead atoms. The highest BCUT2D eigenvalue weighted by Gasteiger charge is 2.39. The minimum absolute atomic E-state index is 0.163. The molecule has 5 amide bonds. The number of fused-ring (bicyclic) bond motifs is 13. The number of nitrogens with one attached hydrogen (secondary N) is 3. The Morgan fingerprint density at radius 1 is 1.00 bits per heavy atom. The summed E-state index contributed by atoms with van der Waals surface area (Å²) >= 11 is 1.44. The van der Waals surface area contributed by atoms with Crippen molar-refractivity contribution in [3.63, 3.8) is 0 Å². The zero-order valence-corrected chi connectivity index (χ0v) is 28.2. The van der Waals surface area contributed by atoms with Crippen molar-refractivity contribution in [3.05, 3.63) is 82.3 Å². The van der Waals surface area contributed by atoms with Crippen molar-refractivity contribution in [1.82, 2.24) is 30.7 Å². The summed E-state index contributed by atoms with van der Waals surface area (Å²) in [5.41, 5.74) is 1.67. The molecular formula is C35H42N6O6S. The molecule has 3 aliphatic heterocycles. The Hall–Kier alpha value is -4.78. The standard InChI is InChI=1S/C35H42N6O6S/c1-22(2)31-35(46)41-16-7-10-28(41)33(44)37-23(3)32(43)38-27(18-24-11-13-26(14-12-24)47-21-29(42)39-31)34(45)40(20-30-36-15-17-48-30)19-25-8-5-4-6-9-25/h4-6,8-9,11-15,17,22-23,27-28,31H,7,10,16,18-21H2,1-3H3,(H,37,44)(H,38,43)(H,39,42)/t23-,27-,28-,31+/m0/s1. The highest BCUT2D eigenvalue weighted by Crippen LogP contribution is 2.22. The molecule has 0 aliphatic carbocycles. The number of thiazole rings is 1. The number of carbonyl (C=O) groups excluding carboxylic acids is 5. The van der Waals surface area contributed by atoms with E-state index in [0.29, 0.717) is 31.7 Å². The van der Waals surface area contributed by atoms with Gasteiger partial charge in [-0.25, -0.2) is 4.98 Å². The number of hydrogen-bond acceptors (Lipinski definition) is 8. The first kappa shape index (κ1) is 34.6. The average molecular weight is 675 g/mol. The number of rotatable bonds is 6. The van der Waals surface area contributed by atoms with E-state index in [0.717, 1.165) is 16.1 Å². The molecule has 0 unspecified atom stereocenters. The molecule has 0 spiro atoms. The molecule has 3 N–H and O–H groups in total. The molecule has 254 valence electrons. The van der Waals surface area contributed by atoms with E-state index in [2.05, 4.69) is 20.9 Å². The maximum absolute atomic E-state index is 14.3. The largest absolute Gasteiger partial charge is 0.484 e. The summed E-state index contributed by atoms with van der Waals surface area (Å²) in [7, 11) is 0. The molecule has 0 saturated carbocycles. The molecule has 3 aliphatic rings. The van der Waals surface area contributed by atoms with Gasteiger partial charge >= 0.3 is 0 Å². The van der Waals surface area contributed by atoms with Crippen LogP contribution in [0.15, 0.2) is 66.2 Å². The van der Waals surface area contributed by atoms with E-state index in [-0.39, 0.29) is 37.3 Å². The van der Waals surface area contributed by atoms with Crippen LogP contribution in [0.1, 0.15) is 49.7 Å². The molecule has 13 heteroatoms. The fourth-order valence-electron chi connectivity index (χ4n) is 5.92. The Morgan fingerprint density at radius 2 is 1.75 bits per heavy atom. The second-order valence-corrected chi connectivity index (χ2v) is 13.5. The molecule has 4 atom stereocenters. The van der Waals surface area contributed by atoms with Crippen LogP contribution >= 0.6 is 11.3 Å². The van der Waals surface area contributed by atoms with Crippen LogP contribution in [0.25, 0.3) is 0 Å². The lowest BCUT2D eigenvalue weighted by molar-refractivity contribution is -0.143. The van der Waals surface area contributed by atoms with Crippen LogP contribution in [0.5, 0.6) is 5.75 Å². The number of aromatic nitrogens is 1. The van der Waals surface area contributed by atoms with Gasteiger partial charge in [-0.15, -0.1) is 11.3 Å². The quantitative estimate of drug-likeness (QED) is 0.364. The molecule has 0 radical (unpaired) electrons. The predicted octanol–water partition coefficient (Wildman–Crippen LogP) is 2.43. The third-order valence-electron chi connectivity index (χ3n) is 8.52. The molecule has 48 heavy (non-hydrogen) atoms. The molecule has 1 fully saturated rings. The first-order valence-corrected chi connectivity index (χ1v) is 17.1. The fourth-order valence-corrected chi connectivity index (χ4v) is 6.55. The summed E-state index contributed by atoms with van der Waals surface area (Å²) < 4.78 is 5.72. The van der Waals surface area contributed by atoms with Crippen LogP contribution in [0.3, 0.4) is 0 Å². The summed E-state index contributed by atoms with van der Waals surface area (Å²) in [4.78, 5) is 75.5. The van der Waals surface area contributed by atoms with Gasteiger partial charge in [-0.2, -0.15) is 0 Å². The lowest BCUT2D eigenvalue weighted by Crippen LogP contribution is -2.58. The zero-order valence-electron chi connectivity index (χ0n) is 27.4. The Kier molecular flexibility index (Phi) is 11.4. The Bertz CT molecular complexity index is 1580. The minimum Gasteiger partial charge on any atom is -0.484 e. The van der Waals surface area contributed by atoms with Gasteiger partial charge in [0.05, 0.1) is 6.54 Å². The fraction of sp³-hybridized carbons (Fsp3) is 0.429. The SMILES string of the molecule is CC(C)[C@H]1NC(=O)COc2ccc(cc2)C[C@@H](C(=O)N(Cc2ccccc2)Cc2nccs2)NC(=O)[C@H](C)NC(=O)[C@@H]2CCCN2C1=O. The third-order valence-corrected chi connectivity index (χ3v) is 9.29. The lowest BCUT2D eigenvalue weighted by atomic mass is 10.0. The van der Waals surface area contributed by atoms with Gasteiger partial charge in [-0.05, 0) is 48.9 Å². The first-order valence-electron chi connectivity index (χ1n) is 16.2. The van der Waals surface area contributed by atoms with Crippen molar-refractivity contribution in [2.75, 3.05) is 13.2 Å². The molecule has 2 aromatic carbocycles. The molecule has 12 nitrogen and oxygen atoms in total. The summed E-state index contributed by atoms with van der Waals surface area (Å²) in [6.07, 6.45) is 2.88. The minimum atomic E-state index is -0.995. The van der Waals surface area contributed by atoms with Crippen molar-refractivity contribution in [2.45, 2.75) is 77.3 Å². The maximum atomic E-state index is 14.3. The summed E-state index contributed by atoms with van der Waals surface area (Å²) in [5, 5.41) is 11.0. The summed E-state index contributed by atoms with van der Waals surface area (Å²) in [5.74, 6) is -1.94. The van der Waals surface area contributed by atoms with Crippen LogP contribution in [0.2, 0.25) is 0 Å². The number of carbonyl (C=O) groups is 5. The van der Waals surface area contributed by atoms with Gasteiger partial charge in [0, 0.05) is 31.1 Å².